The lowest BCUT2D eigenvalue weighted by Gasteiger charge is -2.52. The van der Waals surface area contributed by atoms with E-state index in [1.807, 2.05) is 6.07 Å². The van der Waals surface area contributed by atoms with E-state index in [1.165, 1.54) is 6.07 Å². The number of hydrogen-bond donors (Lipinski definition) is 0. The third kappa shape index (κ3) is 2.10. The molecule has 100 valence electrons. The van der Waals surface area contributed by atoms with Gasteiger partial charge in [-0.2, -0.15) is 5.26 Å². The molecule has 0 spiro atoms. The molecular formula is C15H18N2O2. The quantitative estimate of drug-likeness (QED) is 0.606. The van der Waals surface area contributed by atoms with Crippen molar-refractivity contribution in [2.45, 2.75) is 44.9 Å². The maximum Gasteiger partial charge on any atom is 0.269 e. The second-order valence-corrected chi connectivity index (χ2v) is 5.56. The van der Waals surface area contributed by atoms with Gasteiger partial charge in [0.05, 0.1) is 16.4 Å². The summed E-state index contributed by atoms with van der Waals surface area (Å²) in [4.78, 5) is 10.4. The lowest BCUT2D eigenvalue weighted by molar-refractivity contribution is -0.385. The highest BCUT2D eigenvalue weighted by molar-refractivity contribution is 5.44. The molecule has 1 aliphatic rings. The Bertz CT molecular complexity index is 533. The van der Waals surface area contributed by atoms with E-state index >= 15 is 0 Å². The first kappa shape index (κ1) is 13.5. The monoisotopic (exact) mass is 258 g/mol. The summed E-state index contributed by atoms with van der Waals surface area (Å²) in [5.41, 5.74) is 0.567. The van der Waals surface area contributed by atoms with Crippen LogP contribution in [0.4, 0.5) is 5.69 Å². The van der Waals surface area contributed by atoms with Crippen LogP contribution in [0.1, 0.15) is 45.1 Å². The van der Waals surface area contributed by atoms with Crippen molar-refractivity contribution >= 4 is 5.69 Å². The van der Waals surface area contributed by atoms with Crippen LogP contribution >= 0.6 is 0 Å². The molecule has 0 radical (unpaired) electrons. The van der Waals surface area contributed by atoms with Gasteiger partial charge in [-0.3, -0.25) is 10.1 Å². The van der Waals surface area contributed by atoms with Crippen LogP contribution in [0.5, 0.6) is 0 Å². The predicted molar refractivity (Wildman–Crippen MR) is 72.6 cm³/mol. The topological polar surface area (TPSA) is 66.9 Å². The molecule has 0 amide bonds. The molecule has 1 aliphatic carbocycles. The van der Waals surface area contributed by atoms with E-state index in [0.29, 0.717) is 0 Å². The van der Waals surface area contributed by atoms with Crippen molar-refractivity contribution in [2.24, 2.45) is 5.41 Å². The van der Waals surface area contributed by atoms with Crippen molar-refractivity contribution in [3.8, 4) is 6.07 Å². The number of benzene rings is 1. The zero-order valence-electron chi connectivity index (χ0n) is 11.3. The number of hydrogen-bond acceptors (Lipinski definition) is 3. The predicted octanol–water partition coefficient (Wildman–Crippen LogP) is 3.96. The molecule has 0 heterocycles. The Morgan fingerprint density at radius 1 is 1.37 bits per heavy atom. The smallest absolute Gasteiger partial charge is 0.258 e. The van der Waals surface area contributed by atoms with Crippen LogP contribution in [0.25, 0.3) is 0 Å². The van der Waals surface area contributed by atoms with Crippen LogP contribution in [0.2, 0.25) is 0 Å². The molecular weight excluding hydrogens is 240 g/mol. The molecule has 0 aromatic heterocycles. The van der Waals surface area contributed by atoms with Crippen LogP contribution in [0.3, 0.4) is 0 Å². The first-order valence-corrected chi connectivity index (χ1v) is 6.67. The van der Waals surface area contributed by atoms with Crippen molar-refractivity contribution in [1.82, 2.24) is 0 Å². The summed E-state index contributed by atoms with van der Waals surface area (Å²) in [6, 6.07) is 8.93. The van der Waals surface area contributed by atoms with E-state index in [4.69, 9.17) is 0 Å². The maximum atomic E-state index is 10.8. The molecule has 2 rings (SSSR count). The Kier molecular flexibility index (Phi) is 3.32. The second-order valence-electron chi connectivity index (χ2n) is 5.56. The lowest BCUT2D eigenvalue weighted by atomic mass is 9.49. The van der Waals surface area contributed by atoms with Gasteiger partial charge in [0.15, 0.2) is 0 Å². The Labute approximate surface area is 113 Å². The number of nitro benzene ring substituents is 1. The minimum atomic E-state index is -0.530. The van der Waals surface area contributed by atoms with Gasteiger partial charge in [-0.25, -0.2) is 0 Å². The summed E-state index contributed by atoms with van der Waals surface area (Å²) in [5.74, 6) is 0. The van der Waals surface area contributed by atoms with E-state index in [2.05, 4.69) is 19.9 Å². The molecule has 4 heteroatoms. The molecule has 0 aliphatic heterocycles. The van der Waals surface area contributed by atoms with Crippen LogP contribution in [-0.2, 0) is 5.41 Å². The van der Waals surface area contributed by atoms with Crippen LogP contribution in [0.15, 0.2) is 24.3 Å². The second kappa shape index (κ2) is 4.65. The van der Waals surface area contributed by atoms with Gasteiger partial charge < -0.3 is 0 Å². The first-order chi connectivity index (χ1) is 9.01. The summed E-state index contributed by atoms with van der Waals surface area (Å²) in [6.07, 6.45) is 3.74. The fourth-order valence-corrected chi connectivity index (χ4v) is 3.24. The highest BCUT2D eigenvalue weighted by Gasteiger charge is 2.54. The van der Waals surface area contributed by atoms with E-state index in [-0.39, 0.29) is 11.1 Å². The van der Waals surface area contributed by atoms with Gasteiger partial charge in [0.25, 0.3) is 5.69 Å². The molecule has 0 atom stereocenters. The average Bonchev–Trinajstić information content (AvgIpc) is 2.40. The van der Waals surface area contributed by atoms with Crippen molar-refractivity contribution < 1.29 is 4.92 Å². The fraction of sp³-hybridized carbons (Fsp3) is 0.533. The van der Waals surface area contributed by atoms with E-state index in [9.17, 15) is 15.4 Å². The molecule has 4 nitrogen and oxygen atoms in total. The highest BCUT2D eigenvalue weighted by Crippen LogP contribution is 2.59. The van der Waals surface area contributed by atoms with E-state index in [1.54, 1.807) is 12.1 Å². The van der Waals surface area contributed by atoms with E-state index < -0.39 is 10.3 Å². The summed E-state index contributed by atoms with van der Waals surface area (Å²) in [5, 5.41) is 20.4. The minimum absolute atomic E-state index is 0.0672. The van der Waals surface area contributed by atoms with Gasteiger partial charge in [-0.15, -0.1) is 0 Å². The lowest BCUT2D eigenvalue weighted by Crippen LogP contribution is -2.48. The van der Waals surface area contributed by atoms with Gasteiger partial charge in [0.1, 0.15) is 0 Å². The van der Waals surface area contributed by atoms with Gasteiger partial charge in [0, 0.05) is 12.1 Å². The molecule has 0 unspecified atom stereocenters. The Balaban J connectivity index is 2.33. The van der Waals surface area contributed by atoms with Crippen molar-refractivity contribution in [2.75, 3.05) is 0 Å². The standard InChI is InChI=1S/C15H18N2O2/c1-3-14(4-2)9-15(10-14,11-16)12-6-5-7-13(8-12)17(18)19/h5-8H,3-4,9-10H2,1-2H3. The van der Waals surface area contributed by atoms with Gasteiger partial charge in [-0.05, 0) is 23.8 Å². The molecule has 1 saturated carbocycles. The molecule has 0 saturated heterocycles. The minimum Gasteiger partial charge on any atom is -0.258 e. The summed E-state index contributed by atoms with van der Waals surface area (Å²) >= 11 is 0. The Morgan fingerprint density at radius 2 is 2.00 bits per heavy atom. The summed E-state index contributed by atoms with van der Waals surface area (Å²) in [6.45, 7) is 4.30. The number of nitriles is 1. The highest BCUT2D eigenvalue weighted by atomic mass is 16.6. The number of nitro groups is 1. The average molecular weight is 258 g/mol. The van der Waals surface area contributed by atoms with Gasteiger partial charge in [-0.1, -0.05) is 38.8 Å². The molecule has 0 bridgehead atoms. The van der Waals surface area contributed by atoms with Crippen LogP contribution in [-0.4, -0.2) is 4.92 Å². The van der Waals surface area contributed by atoms with Gasteiger partial charge in [0.2, 0.25) is 0 Å². The zero-order chi connectivity index (χ0) is 14.1. The van der Waals surface area contributed by atoms with Gasteiger partial charge >= 0.3 is 0 Å². The Morgan fingerprint density at radius 3 is 2.47 bits per heavy atom. The van der Waals surface area contributed by atoms with Crippen molar-refractivity contribution in [3.05, 3.63) is 39.9 Å². The zero-order valence-corrected chi connectivity index (χ0v) is 11.3. The molecule has 0 N–H and O–H groups in total. The third-order valence-corrected chi connectivity index (χ3v) is 4.68. The van der Waals surface area contributed by atoms with Crippen molar-refractivity contribution in [1.29, 1.82) is 5.26 Å². The Hall–Kier alpha value is -1.89. The molecule has 19 heavy (non-hydrogen) atoms. The number of non-ortho nitro benzene ring substituents is 1. The summed E-state index contributed by atoms with van der Waals surface area (Å²) in [7, 11) is 0. The van der Waals surface area contributed by atoms with E-state index in [0.717, 1.165) is 31.2 Å². The maximum absolute atomic E-state index is 10.8. The molecule has 1 aromatic carbocycles. The first-order valence-electron chi connectivity index (χ1n) is 6.67. The number of nitrogens with zero attached hydrogens (tertiary/aromatic N) is 2. The van der Waals surface area contributed by atoms with Crippen molar-refractivity contribution in [3.63, 3.8) is 0 Å². The van der Waals surface area contributed by atoms with Crippen LogP contribution in [0, 0.1) is 26.9 Å². The fourth-order valence-electron chi connectivity index (χ4n) is 3.24. The van der Waals surface area contributed by atoms with Crippen LogP contribution < -0.4 is 0 Å². The summed E-state index contributed by atoms with van der Waals surface area (Å²) < 4.78 is 0. The third-order valence-electron chi connectivity index (χ3n) is 4.68. The largest absolute Gasteiger partial charge is 0.269 e. The normalized spacial score (nSPS) is 19.2. The SMILES string of the molecule is CCC1(CC)CC(C#N)(c2cccc([N+](=O)[O-])c2)C1. The number of rotatable bonds is 4. The molecule has 1 aromatic rings. The molecule has 1 fully saturated rings.